The molecule has 1 heteroatoms. The lowest BCUT2D eigenvalue weighted by molar-refractivity contribution is 0.104. The Morgan fingerprint density at radius 2 is 1.22 bits per heavy atom. The van der Waals surface area contributed by atoms with Gasteiger partial charge in [-0.05, 0) is 37.5 Å². The average Bonchev–Trinajstić information content (AvgIpc) is 2.61. The SMILES string of the molecule is CCCCC(CC)CN(CC(CC)CCCC)C1CCCCC1. The summed E-state index contributed by atoms with van der Waals surface area (Å²) in [7, 11) is 0. The molecule has 0 aromatic rings. The Hall–Kier alpha value is -0.0400. The Morgan fingerprint density at radius 3 is 1.61 bits per heavy atom. The smallest absolute Gasteiger partial charge is 0.00954 e. The fourth-order valence-corrected chi connectivity index (χ4v) is 4.32. The summed E-state index contributed by atoms with van der Waals surface area (Å²) < 4.78 is 0. The van der Waals surface area contributed by atoms with Gasteiger partial charge in [0.15, 0.2) is 0 Å². The lowest BCUT2D eigenvalue weighted by Crippen LogP contribution is -2.42. The largest absolute Gasteiger partial charge is 0.300 e. The van der Waals surface area contributed by atoms with Gasteiger partial charge in [-0.1, -0.05) is 85.5 Å². The van der Waals surface area contributed by atoms with E-state index in [0.717, 1.165) is 17.9 Å². The predicted octanol–water partition coefficient (Wildman–Crippen LogP) is 7.05. The van der Waals surface area contributed by atoms with Crippen molar-refractivity contribution in [3.05, 3.63) is 0 Å². The highest BCUT2D eigenvalue weighted by Gasteiger charge is 2.25. The molecule has 0 saturated heterocycles. The van der Waals surface area contributed by atoms with E-state index >= 15 is 0 Å². The number of nitrogens with zero attached hydrogens (tertiary/aromatic N) is 1. The van der Waals surface area contributed by atoms with E-state index in [1.54, 1.807) is 0 Å². The minimum absolute atomic E-state index is 0.898. The lowest BCUT2D eigenvalue weighted by Gasteiger charge is -2.38. The maximum absolute atomic E-state index is 2.95. The third-order valence-electron chi connectivity index (χ3n) is 6.16. The van der Waals surface area contributed by atoms with Crippen LogP contribution in [-0.2, 0) is 0 Å². The third kappa shape index (κ3) is 8.57. The van der Waals surface area contributed by atoms with Crippen LogP contribution in [0.2, 0.25) is 0 Å². The normalized spacial score (nSPS) is 19.2. The van der Waals surface area contributed by atoms with Crippen molar-refractivity contribution in [3.8, 4) is 0 Å². The van der Waals surface area contributed by atoms with Crippen molar-refractivity contribution >= 4 is 0 Å². The predicted molar refractivity (Wildman–Crippen MR) is 105 cm³/mol. The van der Waals surface area contributed by atoms with E-state index in [4.69, 9.17) is 0 Å². The molecule has 1 fully saturated rings. The fraction of sp³-hybridized carbons (Fsp3) is 1.00. The summed E-state index contributed by atoms with van der Waals surface area (Å²) in [5.74, 6) is 1.86. The van der Waals surface area contributed by atoms with E-state index in [1.165, 1.54) is 96.6 Å². The van der Waals surface area contributed by atoms with Gasteiger partial charge >= 0.3 is 0 Å². The summed E-state index contributed by atoms with van der Waals surface area (Å²) in [5, 5.41) is 0. The van der Waals surface area contributed by atoms with Crippen molar-refractivity contribution in [3.63, 3.8) is 0 Å². The lowest BCUT2D eigenvalue weighted by atomic mass is 9.90. The molecule has 1 saturated carbocycles. The summed E-state index contributed by atoms with van der Waals surface area (Å²) >= 11 is 0. The molecular formula is C22H45N. The maximum Gasteiger partial charge on any atom is 0.00954 e. The third-order valence-corrected chi connectivity index (χ3v) is 6.16. The van der Waals surface area contributed by atoms with Crippen molar-refractivity contribution in [2.75, 3.05) is 13.1 Å². The Kier molecular flexibility index (Phi) is 12.1. The molecule has 0 aromatic carbocycles. The van der Waals surface area contributed by atoms with Gasteiger partial charge < -0.3 is 0 Å². The molecule has 1 aliphatic rings. The van der Waals surface area contributed by atoms with E-state index in [-0.39, 0.29) is 0 Å². The Morgan fingerprint density at radius 1 is 0.739 bits per heavy atom. The van der Waals surface area contributed by atoms with Gasteiger partial charge in [-0.2, -0.15) is 0 Å². The van der Waals surface area contributed by atoms with Gasteiger partial charge in [0.25, 0.3) is 0 Å². The average molecular weight is 324 g/mol. The van der Waals surface area contributed by atoms with Gasteiger partial charge in [-0.3, -0.25) is 4.90 Å². The summed E-state index contributed by atoms with van der Waals surface area (Å²) in [4.78, 5) is 2.95. The molecule has 1 aliphatic carbocycles. The zero-order valence-corrected chi connectivity index (χ0v) is 16.8. The summed E-state index contributed by atoms with van der Waals surface area (Å²) in [5.41, 5.74) is 0. The Bertz CT molecular complexity index is 239. The first-order chi connectivity index (χ1) is 11.2. The first-order valence-electron chi connectivity index (χ1n) is 11.0. The van der Waals surface area contributed by atoms with Crippen LogP contribution in [0, 0.1) is 11.8 Å². The zero-order chi connectivity index (χ0) is 16.9. The van der Waals surface area contributed by atoms with Crippen LogP contribution >= 0.6 is 0 Å². The van der Waals surface area contributed by atoms with Crippen LogP contribution in [0.3, 0.4) is 0 Å². The molecule has 138 valence electrons. The minimum atomic E-state index is 0.898. The van der Waals surface area contributed by atoms with E-state index < -0.39 is 0 Å². The minimum Gasteiger partial charge on any atom is -0.300 e. The topological polar surface area (TPSA) is 3.24 Å². The highest BCUT2D eigenvalue weighted by molar-refractivity contribution is 4.80. The quantitative estimate of drug-likeness (QED) is 0.351. The molecule has 1 nitrogen and oxygen atoms in total. The maximum atomic E-state index is 2.95. The van der Waals surface area contributed by atoms with Crippen LogP contribution in [0.4, 0.5) is 0 Å². The Labute approximate surface area is 147 Å². The highest BCUT2D eigenvalue weighted by Crippen LogP contribution is 2.27. The summed E-state index contributed by atoms with van der Waals surface area (Å²) in [6.07, 6.45) is 18.5. The van der Waals surface area contributed by atoms with Gasteiger partial charge in [0, 0.05) is 19.1 Å². The number of unbranched alkanes of at least 4 members (excludes halogenated alkanes) is 2. The number of hydrogen-bond acceptors (Lipinski definition) is 1. The van der Waals surface area contributed by atoms with Crippen molar-refractivity contribution in [2.24, 2.45) is 11.8 Å². The van der Waals surface area contributed by atoms with Gasteiger partial charge in [-0.25, -0.2) is 0 Å². The van der Waals surface area contributed by atoms with Crippen LogP contribution in [-0.4, -0.2) is 24.0 Å². The second-order valence-corrected chi connectivity index (χ2v) is 8.08. The molecular weight excluding hydrogens is 278 g/mol. The molecule has 0 spiro atoms. The van der Waals surface area contributed by atoms with Gasteiger partial charge in [0.2, 0.25) is 0 Å². The molecule has 0 heterocycles. The van der Waals surface area contributed by atoms with Crippen molar-refractivity contribution in [1.29, 1.82) is 0 Å². The van der Waals surface area contributed by atoms with Gasteiger partial charge in [-0.15, -0.1) is 0 Å². The van der Waals surface area contributed by atoms with Gasteiger partial charge in [0.1, 0.15) is 0 Å². The molecule has 0 aromatic heterocycles. The number of hydrogen-bond donors (Lipinski definition) is 0. The van der Waals surface area contributed by atoms with E-state index in [0.29, 0.717) is 0 Å². The molecule has 0 amide bonds. The molecule has 23 heavy (non-hydrogen) atoms. The Balaban J connectivity index is 2.62. The molecule has 2 atom stereocenters. The first-order valence-corrected chi connectivity index (χ1v) is 11.0. The zero-order valence-electron chi connectivity index (χ0n) is 16.8. The van der Waals surface area contributed by atoms with Crippen molar-refractivity contribution in [1.82, 2.24) is 4.90 Å². The van der Waals surface area contributed by atoms with Crippen molar-refractivity contribution < 1.29 is 0 Å². The van der Waals surface area contributed by atoms with E-state index in [9.17, 15) is 0 Å². The summed E-state index contributed by atoms with van der Waals surface area (Å²) in [6.45, 7) is 12.3. The van der Waals surface area contributed by atoms with Crippen LogP contribution in [0.5, 0.6) is 0 Å². The van der Waals surface area contributed by atoms with Crippen LogP contribution < -0.4 is 0 Å². The van der Waals surface area contributed by atoms with Gasteiger partial charge in [0.05, 0.1) is 0 Å². The van der Waals surface area contributed by atoms with E-state index in [1.807, 2.05) is 0 Å². The van der Waals surface area contributed by atoms with Crippen LogP contribution in [0.15, 0.2) is 0 Å². The second kappa shape index (κ2) is 13.3. The van der Waals surface area contributed by atoms with Crippen LogP contribution in [0.25, 0.3) is 0 Å². The van der Waals surface area contributed by atoms with Crippen LogP contribution in [0.1, 0.15) is 111 Å². The monoisotopic (exact) mass is 323 g/mol. The molecule has 1 rings (SSSR count). The summed E-state index contributed by atoms with van der Waals surface area (Å²) in [6, 6.07) is 0.898. The molecule has 0 bridgehead atoms. The second-order valence-electron chi connectivity index (χ2n) is 8.08. The molecule has 2 unspecified atom stereocenters. The molecule has 0 N–H and O–H groups in total. The van der Waals surface area contributed by atoms with E-state index in [2.05, 4.69) is 32.6 Å². The molecule has 0 aliphatic heterocycles. The molecule has 0 radical (unpaired) electrons. The highest BCUT2D eigenvalue weighted by atomic mass is 15.2. The first kappa shape index (κ1) is 21.0. The fourth-order valence-electron chi connectivity index (χ4n) is 4.32. The standard InChI is InChI=1S/C22H45N/c1-5-9-14-20(7-3)18-23(22-16-12-11-13-17-22)19-21(8-4)15-10-6-2/h20-22H,5-19H2,1-4H3. The van der Waals surface area contributed by atoms with Crippen molar-refractivity contribution in [2.45, 2.75) is 117 Å². The number of rotatable bonds is 13.